The van der Waals surface area contributed by atoms with E-state index in [1.54, 1.807) is 0 Å². The highest BCUT2D eigenvalue weighted by Crippen LogP contribution is 2.23. The molecule has 3 rings (SSSR count). The average Bonchev–Trinajstić information content (AvgIpc) is 2.90. The van der Waals surface area contributed by atoms with Crippen molar-refractivity contribution in [3.8, 4) is 0 Å². The normalized spacial score (nSPS) is 17.5. The number of rotatable bonds is 6. The van der Waals surface area contributed by atoms with Crippen molar-refractivity contribution in [3.05, 3.63) is 65.7 Å². The second-order valence-corrected chi connectivity index (χ2v) is 6.03. The number of anilines is 1. The molecule has 0 saturated carbocycles. The summed E-state index contributed by atoms with van der Waals surface area (Å²) in [4.78, 5) is 26.1. The lowest BCUT2D eigenvalue weighted by atomic mass is 10.1. The van der Waals surface area contributed by atoms with Gasteiger partial charge in [-0.25, -0.2) is 4.90 Å². The van der Waals surface area contributed by atoms with Crippen LogP contribution in [-0.4, -0.2) is 24.4 Å². The summed E-state index contributed by atoms with van der Waals surface area (Å²) in [5.41, 5.74) is 3.07. The maximum absolute atomic E-state index is 12.6. The molecule has 4 nitrogen and oxygen atoms in total. The van der Waals surface area contributed by atoms with Crippen LogP contribution in [0.15, 0.2) is 54.6 Å². The Morgan fingerprint density at radius 2 is 1.71 bits per heavy atom. The molecule has 0 radical (unpaired) electrons. The zero-order valence-electron chi connectivity index (χ0n) is 13.9. The third-order valence-corrected chi connectivity index (χ3v) is 4.40. The van der Waals surface area contributed by atoms with Gasteiger partial charge in [0.25, 0.3) is 5.91 Å². The van der Waals surface area contributed by atoms with Crippen LogP contribution >= 0.6 is 0 Å². The number of amides is 2. The largest absolute Gasteiger partial charge is 0.305 e. The van der Waals surface area contributed by atoms with Crippen molar-refractivity contribution >= 4 is 17.5 Å². The minimum atomic E-state index is -0.424. The number of hydrogen-bond donors (Lipinski definition) is 1. The fourth-order valence-electron chi connectivity index (χ4n) is 2.98. The van der Waals surface area contributed by atoms with Crippen molar-refractivity contribution in [3.63, 3.8) is 0 Å². The lowest BCUT2D eigenvalue weighted by Gasteiger charge is -2.16. The van der Waals surface area contributed by atoms with Crippen LogP contribution in [-0.2, 0) is 22.4 Å². The number of nitrogens with zero attached hydrogens (tertiary/aromatic N) is 1. The maximum Gasteiger partial charge on any atom is 0.251 e. The van der Waals surface area contributed by atoms with Crippen molar-refractivity contribution in [2.75, 3.05) is 11.4 Å². The van der Waals surface area contributed by atoms with E-state index in [2.05, 4.69) is 24.4 Å². The Hall–Kier alpha value is -2.46. The van der Waals surface area contributed by atoms with Gasteiger partial charge >= 0.3 is 0 Å². The summed E-state index contributed by atoms with van der Waals surface area (Å²) < 4.78 is 0. The minimum absolute atomic E-state index is 0.138. The van der Waals surface area contributed by atoms with Crippen molar-refractivity contribution in [2.24, 2.45) is 0 Å². The molecule has 0 aliphatic carbocycles. The van der Waals surface area contributed by atoms with Crippen LogP contribution < -0.4 is 10.2 Å². The Kier molecular flexibility index (Phi) is 5.06. The molecule has 2 aromatic carbocycles. The number of aryl methyl sites for hydroxylation is 1. The molecule has 1 N–H and O–H groups in total. The van der Waals surface area contributed by atoms with Crippen LogP contribution in [0.2, 0.25) is 0 Å². The summed E-state index contributed by atoms with van der Waals surface area (Å²) in [5.74, 6) is -0.293. The molecule has 4 heteroatoms. The number of hydrogen-bond acceptors (Lipinski definition) is 3. The summed E-state index contributed by atoms with van der Waals surface area (Å²) in [5, 5.41) is 3.22. The Balaban J connectivity index is 1.61. The van der Waals surface area contributed by atoms with E-state index in [0.29, 0.717) is 12.2 Å². The summed E-state index contributed by atoms with van der Waals surface area (Å²) in [6.07, 6.45) is 2.00. The Bertz CT molecular complexity index is 710. The molecule has 1 saturated heterocycles. The lowest BCUT2D eigenvalue weighted by Crippen LogP contribution is -2.39. The van der Waals surface area contributed by atoms with Crippen molar-refractivity contribution in [1.82, 2.24) is 5.32 Å². The SMILES string of the molecule is CCc1ccc(N2C(=O)C[C@H](NCCc3ccccc3)C2=O)cc1. The van der Waals surface area contributed by atoms with E-state index in [-0.39, 0.29) is 18.2 Å². The Labute approximate surface area is 142 Å². The van der Waals surface area contributed by atoms with Crippen molar-refractivity contribution in [2.45, 2.75) is 32.2 Å². The van der Waals surface area contributed by atoms with Crippen LogP contribution in [0.1, 0.15) is 24.5 Å². The van der Waals surface area contributed by atoms with Crippen LogP contribution in [0.3, 0.4) is 0 Å². The van der Waals surface area contributed by atoms with Crippen LogP contribution in [0.4, 0.5) is 5.69 Å². The van der Waals surface area contributed by atoms with Crippen molar-refractivity contribution in [1.29, 1.82) is 0 Å². The predicted octanol–water partition coefficient (Wildman–Crippen LogP) is 2.71. The number of carbonyl (C=O) groups is 2. The summed E-state index contributed by atoms with van der Waals surface area (Å²) in [6.45, 7) is 2.75. The fourth-order valence-corrected chi connectivity index (χ4v) is 2.98. The van der Waals surface area contributed by atoms with Crippen LogP contribution in [0.25, 0.3) is 0 Å². The van der Waals surface area contributed by atoms with E-state index < -0.39 is 6.04 Å². The van der Waals surface area contributed by atoms with Gasteiger partial charge in [0.05, 0.1) is 18.2 Å². The van der Waals surface area contributed by atoms with Gasteiger partial charge in [-0.1, -0.05) is 49.4 Å². The first-order valence-corrected chi connectivity index (χ1v) is 8.42. The molecule has 1 heterocycles. The molecule has 0 aromatic heterocycles. The summed E-state index contributed by atoms with van der Waals surface area (Å²) in [6, 6.07) is 17.3. The van der Waals surface area contributed by atoms with Crippen LogP contribution in [0.5, 0.6) is 0 Å². The molecule has 124 valence electrons. The molecule has 1 aliphatic heterocycles. The molecule has 1 aliphatic rings. The molecular weight excluding hydrogens is 300 g/mol. The van der Waals surface area contributed by atoms with Gasteiger partial charge in [-0.3, -0.25) is 9.59 Å². The first-order valence-electron chi connectivity index (χ1n) is 8.42. The molecule has 1 atom stereocenters. The zero-order chi connectivity index (χ0) is 16.9. The monoisotopic (exact) mass is 322 g/mol. The van der Waals surface area contributed by atoms with Gasteiger partial charge in [-0.05, 0) is 42.6 Å². The molecule has 0 spiro atoms. The first-order chi connectivity index (χ1) is 11.7. The second kappa shape index (κ2) is 7.41. The number of carbonyl (C=O) groups excluding carboxylic acids is 2. The highest BCUT2D eigenvalue weighted by atomic mass is 16.2. The smallest absolute Gasteiger partial charge is 0.251 e. The van der Waals surface area contributed by atoms with Gasteiger partial charge in [0.15, 0.2) is 0 Å². The molecule has 2 aromatic rings. The molecule has 0 bridgehead atoms. The molecular formula is C20H22N2O2. The van der Waals surface area contributed by atoms with Crippen molar-refractivity contribution < 1.29 is 9.59 Å². The van der Waals surface area contributed by atoms with E-state index in [1.165, 1.54) is 16.0 Å². The standard InChI is InChI=1S/C20H22N2O2/c1-2-15-8-10-17(11-9-15)22-19(23)14-18(20(22)24)21-13-12-16-6-4-3-5-7-16/h3-11,18,21H,2,12-14H2,1H3/t18-/m0/s1. The number of benzene rings is 2. The highest BCUT2D eigenvalue weighted by molar-refractivity contribution is 6.22. The molecule has 24 heavy (non-hydrogen) atoms. The topological polar surface area (TPSA) is 49.4 Å². The summed E-state index contributed by atoms with van der Waals surface area (Å²) in [7, 11) is 0. The van der Waals surface area contributed by atoms with Crippen LogP contribution in [0, 0.1) is 0 Å². The third kappa shape index (κ3) is 3.54. The Morgan fingerprint density at radius 1 is 1.00 bits per heavy atom. The first kappa shape index (κ1) is 16.4. The lowest BCUT2D eigenvalue weighted by molar-refractivity contribution is -0.121. The van der Waals surface area contributed by atoms with Gasteiger partial charge in [0.2, 0.25) is 5.91 Å². The second-order valence-electron chi connectivity index (χ2n) is 6.03. The quantitative estimate of drug-likeness (QED) is 0.832. The van der Waals surface area contributed by atoms with E-state index in [0.717, 1.165) is 12.8 Å². The molecule has 1 fully saturated rings. The van der Waals surface area contributed by atoms with E-state index in [4.69, 9.17) is 0 Å². The summed E-state index contributed by atoms with van der Waals surface area (Å²) >= 11 is 0. The highest BCUT2D eigenvalue weighted by Gasteiger charge is 2.39. The molecule has 2 amide bonds. The maximum atomic E-state index is 12.6. The fraction of sp³-hybridized carbons (Fsp3) is 0.300. The third-order valence-electron chi connectivity index (χ3n) is 4.40. The van der Waals surface area contributed by atoms with E-state index in [9.17, 15) is 9.59 Å². The van der Waals surface area contributed by atoms with E-state index in [1.807, 2.05) is 42.5 Å². The van der Waals surface area contributed by atoms with E-state index >= 15 is 0 Å². The van der Waals surface area contributed by atoms with Gasteiger partial charge < -0.3 is 5.32 Å². The van der Waals surface area contributed by atoms with Gasteiger partial charge in [0, 0.05) is 0 Å². The number of nitrogens with one attached hydrogen (secondary N) is 1. The van der Waals surface area contributed by atoms with Gasteiger partial charge in [0.1, 0.15) is 0 Å². The minimum Gasteiger partial charge on any atom is -0.305 e. The zero-order valence-corrected chi connectivity index (χ0v) is 13.9. The Morgan fingerprint density at radius 3 is 2.38 bits per heavy atom. The van der Waals surface area contributed by atoms with Gasteiger partial charge in [-0.15, -0.1) is 0 Å². The molecule has 0 unspecified atom stereocenters. The number of imide groups is 1. The average molecular weight is 322 g/mol. The van der Waals surface area contributed by atoms with Gasteiger partial charge in [-0.2, -0.15) is 0 Å². The predicted molar refractivity (Wildman–Crippen MR) is 94.9 cm³/mol.